The molecule has 1 aliphatic heterocycles. The molecule has 3 aromatic carbocycles. The number of rotatable bonds is 6. The van der Waals surface area contributed by atoms with Crippen LogP contribution in [0.15, 0.2) is 71.6 Å². The first kappa shape index (κ1) is 20.5. The summed E-state index contributed by atoms with van der Waals surface area (Å²) in [6.07, 6.45) is 0. The summed E-state index contributed by atoms with van der Waals surface area (Å²) in [5.74, 6) is 1.20. The molecule has 5 rings (SSSR count). The number of nitrogens with zero attached hydrogens (tertiary/aromatic N) is 3. The lowest BCUT2D eigenvalue weighted by Gasteiger charge is -2.14. The maximum Gasteiger partial charge on any atom is 0.270 e. The van der Waals surface area contributed by atoms with Gasteiger partial charge in [-0.15, -0.1) is 0 Å². The van der Waals surface area contributed by atoms with E-state index in [1.165, 1.54) is 18.2 Å². The summed E-state index contributed by atoms with van der Waals surface area (Å²) in [6, 6.07) is 16.8. The van der Waals surface area contributed by atoms with Crippen LogP contribution in [0.4, 0.5) is 23.0 Å². The number of nitro groups is 1. The van der Waals surface area contributed by atoms with Crippen LogP contribution >= 0.6 is 0 Å². The number of nitro benzene ring substituents is 1. The summed E-state index contributed by atoms with van der Waals surface area (Å²) in [4.78, 5) is 19.0. The number of aromatic nitrogens is 2. The number of fused-ring (bicyclic) bond motifs is 2. The molecule has 33 heavy (non-hydrogen) atoms. The molecule has 4 aromatic rings. The average Bonchev–Trinajstić information content (AvgIpc) is 3.27. The molecule has 166 valence electrons. The second kappa shape index (κ2) is 7.91. The Morgan fingerprint density at radius 1 is 0.879 bits per heavy atom. The third kappa shape index (κ3) is 4.06. The van der Waals surface area contributed by atoms with Gasteiger partial charge in [0.25, 0.3) is 15.7 Å². The first-order valence-electron chi connectivity index (χ1n) is 9.60. The molecule has 0 saturated heterocycles. The summed E-state index contributed by atoms with van der Waals surface area (Å²) < 4.78 is 39.1. The van der Waals surface area contributed by atoms with E-state index in [9.17, 15) is 18.5 Å². The summed E-state index contributed by atoms with van der Waals surface area (Å²) >= 11 is 0. The topological polar surface area (TPSA) is 146 Å². The number of hydrogen-bond acceptors (Lipinski definition) is 9. The highest BCUT2D eigenvalue weighted by molar-refractivity contribution is 7.92. The van der Waals surface area contributed by atoms with Gasteiger partial charge in [0.15, 0.2) is 23.1 Å². The van der Waals surface area contributed by atoms with Crippen molar-refractivity contribution in [3.8, 4) is 11.5 Å². The Kier molecular flexibility index (Phi) is 4.90. The molecule has 1 aliphatic rings. The minimum absolute atomic E-state index is 0.0714. The number of benzene rings is 3. The lowest BCUT2D eigenvalue weighted by molar-refractivity contribution is -0.385. The van der Waals surface area contributed by atoms with Gasteiger partial charge in [0, 0.05) is 23.9 Å². The van der Waals surface area contributed by atoms with Crippen LogP contribution in [-0.2, 0) is 10.0 Å². The van der Waals surface area contributed by atoms with Crippen molar-refractivity contribution in [2.75, 3.05) is 16.8 Å². The van der Waals surface area contributed by atoms with Crippen molar-refractivity contribution in [3.63, 3.8) is 0 Å². The summed E-state index contributed by atoms with van der Waals surface area (Å²) in [5.41, 5.74) is 1.23. The molecular weight excluding hydrogens is 450 g/mol. The third-order valence-corrected chi connectivity index (χ3v) is 6.11. The molecule has 2 N–H and O–H groups in total. The number of sulfonamides is 1. The molecule has 0 atom stereocenters. The quantitative estimate of drug-likeness (QED) is 0.320. The second-order valence-corrected chi connectivity index (χ2v) is 8.64. The average molecular weight is 465 g/mol. The van der Waals surface area contributed by atoms with Gasteiger partial charge in [0.1, 0.15) is 0 Å². The van der Waals surface area contributed by atoms with Gasteiger partial charge in [-0.25, -0.2) is 18.4 Å². The van der Waals surface area contributed by atoms with Gasteiger partial charge < -0.3 is 14.8 Å². The van der Waals surface area contributed by atoms with Gasteiger partial charge in [-0.05, 0) is 30.3 Å². The molecule has 2 heterocycles. The van der Waals surface area contributed by atoms with Crippen molar-refractivity contribution >= 4 is 44.1 Å². The normalized spacial score (nSPS) is 12.5. The van der Waals surface area contributed by atoms with Crippen molar-refractivity contribution in [1.29, 1.82) is 0 Å². The first-order chi connectivity index (χ1) is 15.9. The highest BCUT2D eigenvalue weighted by atomic mass is 32.2. The van der Waals surface area contributed by atoms with Crippen molar-refractivity contribution in [2.24, 2.45) is 0 Å². The molecule has 0 saturated carbocycles. The van der Waals surface area contributed by atoms with Gasteiger partial charge >= 0.3 is 0 Å². The van der Waals surface area contributed by atoms with E-state index >= 15 is 0 Å². The van der Waals surface area contributed by atoms with Crippen LogP contribution in [0.2, 0.25) is 0 Å². The Morgan fingerprint density at radius 3 is 2.36 bits per heavy atom. The van der Waals surface area contributed by atoms with Crippen molar-refractivity contribution in [2.45, 2.75) is 4.90 Å². The Bertz CT molecular complexity index is 1510. The maximum absolute atomic E-state index is 13.0. The summed E-state index contributed by atoms with van der Waals surface area (Å²) in [5, 5.41) is 14.1. The third-order valence-electron chi connectivity index (χ3n) is 4.78. The van der Waals surface area contributed by atoms with Gasteiger partial charge in [-0.1, -0.05) is 18.2 Å². The van der Waals surface area contributed by atoms with Crippen LogP contribution in [0.3, 0.4) is 0 Å². The van der Waals surface area contributed by atoms with Gasteiger partial charge in [-0.3, -0.25) is 14.8 Å². The zero-order valence-corrected chi connectivity index (χ0v) is 17.6. The monoisotopic (exact) mass is 465 g/mol. The van der Waals surface area contributed by atoms with Gasteiger partial charge in [0.05, 0.1) is 20.9 Å². The number of non-ortho nitro benzene ring substituents is 1. The molecule has 11 nitrogen and oxygen atoms in total. The Labute approximate surface area is 187 Å². The Hall–Kier alpha value is -4.45. The molecule has 0 bridgehead atoms. The van der Waals surface area contributed by atoms with E-state index < -0.39 is 14.9 Å². The standard InChI is InChI=1S/C21H15N5O6S/c27-26(28)14-4-3-5-15(11-14)33(29,30)25-21-20(23-16-6-1-2-7-17(16)24-21)22-13-8-9-18-19(10-13)32-12-31-18/h1-11H,12H2,(H,22,23)(H,24,25). The fraction of sp³-hybridized carbons (Fsp3) is 0.0476. The highest BCUT2D eigenvalue weighted by Gasteiger charge is 2.22. The predicted molar refractivity (Wildman–Crippen MR) is 119 cm³/mol. The molecule has 0 aliphatic carbocycles. The first-order valence-corrected chi connectivity index (χ1v) is 11.1. The minimum Gasteiger partial charge on any atom is -0.454 e. The molecule has 0 radical (unpaired) electrons. The number of ether oxygens (including phenoxy) is 2. The molecule has 0 spiro atoms. The SMILES string of the molecule is O=[N+]([O-])c1cccc(S(=O)(=O)Nc2nc3ccccc3nc2Nc2ccc3c(c2)OCO3)c1. The molecular formula is C21H15N5O6S. The lowest BCUT2D eigenvalue weighted by atomic mass is 10.2. The van der Waals surface area contributed by atoms with E-state index in [2.05, 4.69) is 20.0 Å². The van der Waals surface area contributed by atoms with Crippen molar-refractivity contribution < 1.29 is 22.8 Å². The van der Waals surface area contributed by atoms with E-state index in [1.807, 2.05) is 0 Å². The number of nitrogens with one attached hydrogen (secondary N) is 2. The lowest BCUT2D eigenvalue weighted by Crippen LogP contribution is -2.16. The van der Waals surface area contributed by atoms with Gasteiger partial charge in [-0.2, -0.15) is 0 Å². The number of para-hydroxylation sites is 2. The van der Waals surface area contributed by atoms with E-state index in [-0.39, 0.29) is 29.0 Å². The Morgan fingerprint density at radius 2 is 1.61 bits per heavy atom. The number of anilines is 3. The highest BCUT2D eigenvalue weighted by Crippen LogP contribution is 2.36. The van der Waals surface area contributed by atoms with Crippen LogP contribution in [0.5, 0.6) is 11.5 Å². The van der Waals surface area contributed by atoms with Crippen molar-refractivity contribution in [3.05, 3.63) is 76.8 Å². The minimum atomic E-state index is -4.20. The summed E-state index contributed by atoms with van der Waals surface area (Å²) in [7, 11) is -4.20. The fourth-order valence-corrected chi connectivity index (χ4v) is 4.27. The van der Waals surface area contributed by atoms with E-state index in [0.29, 0.717) is 28.2 Å². The van der Waals surface area contributed by atoms with Crippen LogP contribution in [-0.4, -0.2) is 30.1 Å². The van der Waals surface area contributed by atoms with E-state index in [1.54, 1.807) is 42.5 Å². The van der Waals surface area contributed by atoms with Crippen LogP contribution in [0.1, 0.15) is 0 Å². The predicted octanol–water partition coefficient (Wildman–Crippen LogP) is 3.81. The van der Waals surface area contributed by atoms with Gasteiger partial charge in [0.2, 0.25) is 6.79 Å². The zero-order valence-electron chi connectivity index (χ0n) is 16.8. The van der Waals surface area contributed by atoms with E-state index in [0.717, 1.165) is 6.07 Å². The molecule has 0 fully saturated rings. The van der Waals surface area contributed by atoms with Crippen LogP contribution in [0, 0.1) is 10.1 Å². The fourth-order valence-electron chi connectivity index (χ4n) is 3.22. The zero-order chi connectivity index (χ0) is 23.0. The smallest absolute Gasteiger partial charge is 0.270 e. The largest absolute Gasteiger partial charge is 0.454 e. The summed E-state index contributed by atoms with van der Waals surface area (Å²) in [6.45, 7) is 0.114. The van der Waals surface area contributed by atoms with E-state index in [4.69, 9.17) is 9.47 Å². The van der Waals surface area contributed by atoms with Crippen molar-refractivity contribution in [1.82, 2.24) is 9.97 Å². The molecule has 12 heteroatoms. The molecule has 1 aromatic heterocycles. The maximum atomic E-state index is 13.0. The Balaban J connectivity index is 1.55. The molecule has 0 unspecified atom stereocenters. The van der Waals surface area contributed by atoms with Crippen LogP contribution < -0.4 is 19.5 Å². The number of hydrogen-bond donors (Lipinski definition) is 2. The molecule has 0 amide bonds. The van der Waals surface area contributed by atoms with Crippen LogP contribution in [0.25, 0.3) is 11.0 Å². The second-order valence-electron chi connectivity index (χ2n) is 6.96.